The van der Waals surface area contributed by atoms with Crippen molar-refractivity contribution >= 4 is 0 Å². The molecule has 106 valence electrons. The average Bonchev–Trinajstić information content (AvgIpc) is 2.71. The number of aliphatic hydroxyl groups excluding tert-OH is 1. The topological polar surface area (TPSA) is 49.5 Å². The largest absolute Gasteiger partial charge is 0.394 e. The SMILES string of the molecule is C[C@@H]1CCC[C@H](C)N1CCC1CCCC1(N)CO. The summed E-state index contributed by atoms with van der Waals surface area (Å²) in [6.07, 6.45) is 8.59. The lowest BCUT2D eigenvalue weighted by atomic mass is 9.85. The minimum absolute atomic E-state index is 0.156. The van der Waals surface area contributed by atoms with Gasteiger partial charge in [-0.05, 0) is 58.4 Å². The van der Waals surface area contributed by atoms with E-state index in [1.165, 1.54) is 32.1 Å². The first-order valence-corrected chi connectivity index (χ1v) is 7.72. The molecule has 2 unspecified atom stereocenters. The average molecular weight is 254 g/mol. The molecule has 0 radical (unpaired) electrons. The predicted octanol–water partition coefficient (Wildman–Crippen LogP) is 2.13. The molecule has 18 heavy (non-hydrogen) atoms. The molecule has 1 aliphatic heterocycles. The smallest absolute Gasteiger partial charge is 0.0613 e. The van der Waals surface area contributed by atoms with Gasteiger partial charge in [0.05, 0.1) is 6.61 Å². The molecule has 0 aromatic carbocycles. The first kappa shape index (κ1) is 14.3. The molecule has 4 atom stereocenters. The van der Waals surface area contributed by atoms with Gasteiger partial charge in [0.2, 0.25) is 0 Å². The Morgan fingerprint density at radius 1 is 1.17 bits per heavy atom. The van der Waals surface area contributed by atoms with Crippen molar-refractivity contribution < 1.29 is 5.11 Å². The molecular weight excluding hydrogens is 224 g/mol. The lowest BCUT2D eigenvalue weighted by Gasteiger charge is -2.40. The molecular formula is C15H30N2O. The Labute approximate surface area is 112 Å². The van der Waals surface area contributed by atoms with Gasteiger partial charge in [-0.25, -0.2) is 0 Å². The number of hydrogen-bond donors (Lipinski definition) is 2. The monoisotopic (exact) mass is 254 g/mol. The number of likely N-dealkylation sites (tertiary alicyclic amines) is 1. The number of piperidine rings is 1. The van der Waals surface area contributed by atoms with Crippen LogP contribution in [0.25, 0.3) is 0 Å². The highest BCUT2D eigenvalue weighted by molar-refractivity contribution is 4.96. The Hall–Kier alpha value is -0.120. The third-order valence-electron chi connectivity index (χ3n) is 5.41. The molecule has 0 bridgehead atoms. The van der Waals surface area contributed by atoms with Crippen molar-refractivity contribution in [3.63, 3.8) is 0 Å². The van der Waals surface area contributed by atoms with Crippen LogP contribution in [0, 0.1) is 5.92 Å². The molecule has 0 spiro atoms. The van der Waals surface area contributed by atoms with E-state index in [0.29, 0.717) is 5.92 Å². The highest BCUT2D eigenvalue weighted by Crippen LogP contribution is 2.36. The van der Waals surface area contributed by atoms with Crippen LogP contribution in [0.4, 0.5) is 0 Å². The van der Waals surface area contributed by atoms with Gasteiger partial charge in [-0.15, -0.1) is 0 Å². The van der Waals surface area contributed by atoms with Crippen LogP contribution in [-0.4, -0.2) is 40.8 Å². The summed E-state index contributed by atoms with van der Waals surface area (Å²) in [5.74, 6) is 0.517. The summed E-state index contributed by atoms with van der Waals surface area (Å²) in [5, 5.41) is 9.50. The number of nitrogens with two attached hydrogens (primary N) is 1. The van der Waals surface area contributed by atoms with Gasteiger partial charge in [-0.3, -0.25) is 4.90 Å². The van der Waals surface area contributed by atoms with E-state index in [9.17, 15) is 5.11 Å². The van der Waals surface area contributed by atoms with Gasteiger partial charge >= 0.3 is 0 Å². The molecule has 2 rings (SSSR count). The zero-order chi connectivity index (χ0) is 13.2. The third-order valence-corrected chi connectivity index (χ3v) is 5.41. The lowest BCUT2D eigenvalue weighted by molar-refractivity contribution is 0.0833. The van der Waals surface area contributed by atoms with E-state index in [4.69, 9.17) is 5.73 Å². The highest BCUT2D eigenvalue weighted by atomic mass is 16.3. The maximum Gasteiger partial charge on any atom is 0.0613 e. The van der Waals surface area contributed by atoms with Crippen LogP contribution in [0.3, 0.4) is 0 Å². The Balaban J connectivity index is 1.87. The molecule has 1 saturated heterocycles. The maximum absolute atomic E-state index is 9.50. The van der Waals surface area contributed by atoms with E-state index < -0.39 is 0 Å². The molecule has 0 amide bonds. The van der Waals surface area contributed by atoms with Crippen LogP contribution in [0.15, 0.2) is 0 Å². The van der Waals surface area contributed by atoms with Crippen LogP contribution in [-0.2, 0) is 0 Å². The van der Waals surface area contributed by atoms with E-state index in [-0.39, 0.29) is 12.1 Å². The molecule has 2 fully saturated rings. The molecule has 3 nitrogen and oxygen atoms in total. The summed E-state index contributed by atoms with van der Waals surface area (Å²) in [5.41, 5.74) is 6.03. The summed E-state index contributed by atoms with van der Waals surface area (Å²) >= 11 is 0. The third kappa shape index (κ3) is 2.89. The van der Waals surface area contributed by atoms with Crippen molar-refractivity contribution in [3.8, 4) is 0 Å². The fourth-order valence-electron chi connectivity index (χ4n) is 4.03. The van der Waals surface area contributed by atoms with Crippen molar-refractivity contribution in [1.82, 2.24) is 4.90 Å². The van der Waals surface area contributed by atoms with Crippen molar-refractivity contribution in [2.75, 3.05) is 13.2 Å². The number of hydrogen-bond acceptors (Lipinski definition) is 3. The Morgan fingerprint density at radius 3 is 2.44 bits per heavy atom. The van der Waals surface area contributed by atoms with Crippen LogP contribution < -0.4 is 5.73 Å². The van der Waals surface area contributed by atoms with E-state index in [1.54, 1.807) is 0 Å². The van der Waals surface area contributed by atoms with Crippen molar-refractivity contribution in [1.29, 1.82) is 0 Å². The van der Waals surface area contributed by atoms with Gasteiger partial charge in [0.25, 0.3) is 0 Å². The molecule has 2 aliphatic rings. The summed E-state index contributed by atoms with van der Waals surface area (Å²) in [4.78, 5) is 2.65. The van der Waals surface area contributed by atoms with Crippen LogP contribution in [0.2, 0.25) is 0 Å². The number of rotatable bonds is 4. The lowest BCUT2D eigenvalue weighted by Crippen LogP contribution is -2.49. The summed E-state index contributed by atoms with van der Waals surface area (Å²) in [6, 6.07) is 1.44. The maximum atomic E-state index is 9.50. The molecule has 1 aliphatic carbocycles. The molecule has 1 saturated carbocycles. The summed E-state index contributed by atoms with van der Waals surface area (Å²) in [7, 11) is 0. The van der Waals surface area contributed by atoms with Crippen LogP contribution >= 0.6 is 0 Å². The van der Waals surface area contributed by atoms with E-state index in [0.717, 1.165) is 31.5 Å². The molecule has 3 N–H and O–H groups in total. The quantitative estimate of drug-likeness (QED) is 0.808. The van der Waals surface area contributed by atoms with Crippen LogP contribution in [0.5, 0.6) is 0 Å². The van der Waals surface area contributed by atoms with Gasteiger partial charge in [0.15, 0.2) is 0 Å². The van der Waals surface area contributed by atoms with Gasteiger partial charge in [0, 0.05) is 17.6 Å². The first-order chi connectivity index (χ1) is 8.57. The van der Waals surface area contributed by atoms with Crippen molar-refractivity contribution in [3.05, 3.63) is 0 Å². The van der Waals surface area contributed by atoms with Gasteiger partial charge in [0.1, 0.15) is 0 Å². The van der Waals surface area contributed by atoms with Gasteiger partial charge in [-0.2, -0.15) is 0 Å². The van der Waals surface area contributed by atoms with E-state index in [2.05, 4.69) is 18.7 Å². The Kier molecular flexibility index (Phi) is 4.68. The van der Waals surface area contributed by atoms with Gasteiger partial charge in [-0.1, -0.05) is 12.8 Å². The first-order valence-electron chi connectivity index (χ1n) is 7.72. The standard InChI is InChI=1S/C15H30N2O/c1-12-5-3-6-13(2)17(12)10-8-14-7-4-9-15(14,16)11-18/h12-14,18H,3-11,16H2,1-2H3/t12-,13+,14?,15?. The molecule has 0 aromatic rings. The zero-order valence-corrected chi connectivity index (χ0v) is 12.1. The predicted molar refractivity (Wildman–Crippen MR) is 75.4 cm³/mol. The van der Waals surface area contributed by atoms with Crippen molar-refractivity contribution in [2.45, 2.75) is 76.4 Å². The fraction of sp³-hybridized carbons (Fsp3) is 1.00. The van der Waals surface area contributed by atoms with E-state index in [1.807, 2.05) is 0 Å². The fourth-order valence-corrected chi connectivity index (χ4v) is 4.03. The summed E-state index contributed by atoms with van der Waals surface area (Å²) in [6.45, 7) is 6.02. The van der Waals surface area contributed by atoms with Crippen molar-refractivity contribution in [2.24, 2.45) is 11.7 Å². The zero-order valence-electron chi connectivity index (χ0n) is 12.1. The molecule has 3 heteroatoms. The minimum Gasteiger partial charge on any atom is -0.394 e. The summed E-state index contributed by atoms with van der Waals surface area (Å²) < 4.78 is 0. The second-order valence-electron chi connectivity index (χ2n) is 6.64. The van der Waals surface area contributed by atoms with Crippen LogP contribution in [0.1, 0.15) is 58.8 Å². The number of aliphatic hydroxyl groups is 1. The van der Waals surface area contributed by atoms with Gasteiger partial charge < -0.3 is 10.8 Å². The Morgan fingerprint density at radius 2 is 1.83 bits per heavy atom. The normalized spacial score (nSPS) is 42.3. The molecule has 1 heterocycles. The minimum atomic E-state index is -0.289. The second-order valence-corrected chi connectivity index (χ2v) is 6.64. The Bertz CT molecular complexity index is 259. The number of nitrogens with zero attached hydrogens (tertiary/aromatic N) is 1. The second kappa shape index (κ2) is 5.89. The highest BCUT2D eigenvalue weighted by Gasteiger charge is 2.39. The van der Waals surface area contributed by atoms with E-state index >= 15 is 0 Å². The molecule has 0 aromatic heterocycles.